The van der Waals surface area contributed by atoms with Gasteiger partial charge in [0, 0.05) is 15.6 Å². The lowest BCUT2D eigenvalue weighted by Gasteiger charge is -2.09. The Balaban J connectivity index is 1.71. The summed E-state index contributed by atoms with van der Waals surface area (Å²) in [5.41, 5.74) is 4.39. The molecular formula is C16H13Cl2N3O4. The highest BCUT2D eigenvalue weighted by Crippen LogP contribution is 2.15. The van der Waals surface area contributed by atoms with Gasteiger partial charge in [0.1, 0.15) is 5.75 Å². The fraction of sp³-hybridized carbons (Fsp3) is 0.0625. The standard InChI is InChI=1S/C16H13Cl2N3O4/c17-11-3-1-10(2-4-11)15(23)19-16(24)21-20-14(22)9-25-13-7-5-12(18)6-8-13/h1-8H,9H2,(H,20,22)(H2,19,21,23,24). The van der Waals surface area contributed by atoms with Gasteiger partial charge in [0.15, 0.2) is 6.61 Å². The van der Waals surface area contributed by atoms with Gasteiger partial charge < -0.3 is 4.74 Å². The first-order valence-corrected chi connectivity index (χ1v) is 7.74. The molecule has 0 atom stereocenters. The summed E-state index contributed by atoms with van der Waals surface area (Å²) in [4.78, 5) is 34.9. The fourth-order valence-electron chi connectivity index (χ4n) is 1.65. The lowest BCUT2D eigenvalue weighted by molar-refractivity contribution is -0.123. The molecule has 0 heterocycles. The van der Waals surface area contributed by atoms with Crippen molar-refractivity contribution < 1.29 is 19.1 Å². The van der Waals surface area contributed by atoms with E-state index in [2.05, 4.69) is 5.43 Å². The molecule has 2 aromatic rings. The van der Waals surface area contributed by atoms with Crippen molar-refractivity contribution in [1.29, 1.82) is 0 Å². The van der Waals surface area contributed by atoms with Crippen LogP contribution in [0.5, 0.6) is 5.75 Å². The van der Waals surface area contributed by atoms with Crippen molar-refractivity contribution in [2.45, 2.75) is 0 Å². The Morgan fingerprint density at radius 2 is 1.40 bits per heavy atom. The zero-order valence-corrected chi connectivity index (χ0v) is 14.2. The van der Waals surface area contributed by atoms with Gasteiger partial charge in [-0.1, -0.05) is 23.2 Å². The van der Waals surface area contributed by atoms with Crippen molar-refractivity contribution in [1.82, 2.24) is 16.2 Å². The van der Waals surface area contributed by atoms with E-state index >= 15 is 0 Å². The number of carbonyl (C=O) groups excluding carboxylic acids is 3. The number of halogens is 2. The second kappa shape index (κ2) is 8.91. The first kappa shape index (κ1) is 18.6. The van der Waals surface area contributed by atoms with E-state index in [0.717, 1.165) is 0 Å². The third kappa shape index (κ3) is 6.33. The number of hydrogen-bond donors (Lipinski definition) is 3. The first-order valence-electron chi connectivity index (χ1n) is 6.98. The maximum absolute atomic E-state index is 11.8. The Kier molecular flexibility index (Phi) is 6.62. The molecule has 0 radical (unpaired) electrons. The highest BCUT2D eigenvalue weighted by molar-refractivity contribution is 6.30. The van der Waals surface area contributed by atoms with Crippen molar-refractivity contribution in [3.05, 3.63) is 64.1 Å². The maximum atomic E-state index is 11.8. The van der Waals surface area contributed by atoms with Gasteiger partial charge in [-0.3, -0.25) is 20.3 Å². The van der Waals surface area contributed by atoms with Crippen LogP contribution >= 0.6 is 23.2 Å². The number of carbonyl (C=O) groups is 3. The summed E-state index contributed by atoms with van der Waals surface area (Å²) in [6.45, 7) is -0.326. The highest BCUT2D eigenvalue weighted by atomic mass is 35.5. The molecule has 3 N–H and O–H groups in total. The van der Waals surface area contributed by atoms with Crippen LogP contribution in [-0.4, -0.2) is 24.5 Å². The van der Waals surface area contributed by atoms with Gasteiger partial charge in [0.25, 0.3) is 11.8 Å². The third-order valence-corrected chi connectivity index (χ3v) is 3.34. The molecule has 4 amide bonds. The summed E-state index contributed by atoms with van der Waals surface area (Å²) < 4.78 is 5.19. The van der Waals surface area contributed by atoms with Crippen molar-refractivity contribution in [3.63, 3.8) is 0 Å². The third-order valence-electron chi connectivity index (χ3n) is 2.83. The minimum Gasteiger partial charge on any atom is -0.484 e. The Labute approximate surface area is 153 Å². The number of amides is 4. The second-order valence-electron chi connectivity index (χ2n) is 4.71. The molecule has 0 aromatic heterocycles. The Bertz CT molecular complexity index is 764. The van der Waals surface area contributed by atoms with E-state index < -0.39 is 17.8 Å². The molecule has 0 bridgehead atoms. The van der Waals surface area contributed by atoms with Gasteiger partial charge in [0.05, 0.1) is 0 Å². The van der Waals surface area contributed by atoms with Crippen molar-refractivity contribution in [2.24, 2.45) is 0 Å². The molecular weight excluding hydrogens is 369 g/mol. The summed E-state index contributed by atoms with van der Waals surface area (Å²) in [7, 11) is 0. The normalized spacial score (nSPS) is 9.84. The predicted molar refractivity (Wildman–Crippen MR) is 92.5 cm³/mol. The van der Waals surface area contributed by atoms with E-state index in [9.17, 15) is 14.4 Å². The van der Waals surface area contributed by atoms with Gasteiger partial charge >= 0.3 is 6.03 Å². The molecule has 25 heavy (non-hydrogen) atoms. The summed E-state index contributed by atoms with van der Waals surface area (Å²) in [5, 5.41) is 3.06. The molecule has 0 aliphatic rings. The van der Waals surface area contributed by atoms with Gasteiger partial charge in [-0.2, -0.15) is 0 Å². The molecule has 0 saturated carbocycles. The average Bonchev–Trinajstić information content (AvgIpc) is 2.60. The van der Waals surface area contributed by atoms with Crippen LogP contribution in [0.4, 0.5) is 4.79 Å². The Morgan fingerprint density at radius 3 is 2.00 bits per heavy atom. The average molecular weight is 382 g/mol. The van der Waals surface area contributed by atoms with Crippen LogP contribution in [-0.2, 0) is 4.79 Å². The van der Waals surface area contributed by atoms with E-state index in [1.165, 1.54) is 24.3 Å². The largest absolute Gasteiger partial charge is 0.484 e. The van der Waals surface area contributed by atoms with E-state index in [1.54, 1.807) is 24.3 Å². The second-order valence-corrected chi connectivity index (χ2v) is 5.58. The molecule has 2 aromatic carbocycles. The molecule has 0 aliphatic carbocycles. The SMILES string of the molecule is O=C(COc1ccc(Cl)cc1)NNC(=O)NC(=O)c1ccc(Cl)cc1. The summed E-state index contributed by atoms with van der Waals surface area (Å²) in [6.07, 6.45) is 0. The van der Waals surface area contributed by atoms with E-state index in [4.69, 9.17) is 27.9 Å². The highest BCUT2D eigenvalue weighted by Gasteiger charge is 2.11. The molecule has 0 fully saturated rings. The Hall–Kier alpha value is -2.77. The van der Waals surface area contributed by atoms with Crippen LogP contribution < -0.4 is 20.9 Å². The number of hydrogen-bond acceptors (Lipinski definition) is 4. The lowest BCUT2D eigenvalue weighted by atomic mass is 10.2. The maximum Gasteiger partial charge on any atom is 0.340 e. The van der Waals surface area contributed by atoms with Gasteiger partial charge in [0.2, 0.25) is 0 Å². The molecule has 130 valence electrons. The number of benzene rings is 2. The molecule has 7 nitrogen and oxygen atoms in total. The summed E-state index contributed by atoms with van der Waals surface area (Å²) >= 11 is 11.4. The molecule has 0 unspecified atom stereocenters. The van der Waals surface area contributed by atoms with Crippen molar-refractivity contribution in [3.8, 4) is 5.75 Å². The van der Waals surface area contributed by atoms with Gasteiger partial charge in [-0.15, -0.1) is 0 Å². The number of imide groups is 1. The lowest BCUT2D eigenvalue weighted by Crippen LogP contribution is -2.49. The van der Waals surface area contributed by atoms with Crippen molar-refractivity contribution in [2.75, 3.05) is 6.61 Å². The topological polar surface area (TPSA) is 96.5 Å². The van der Waals surface area contributed by atoms with E-state index in [1.807, 2.05) is 10.7 Å². The van der Waals surface area contributed by atoms with E-state index in [-0.39, 0.29) is 12.2 Å². The molecule has 0 aliphatic heterocycles. The van der Waals surface area contributed by atoms with Crippen LogP contribution in [0.15, 0.2) is 48.5 Å². The van der Waals surface area contributed by atoms with Crippen LogP contribution in [0.2, 0.25) is 10.0 Å². The molecule has 0 saturated heterocycles. The first-order chi connectivity index (χ1) is 11.9. The zero-order valence-electron chi connectivity index (χ0n) is 12.7. The van der Waals surface area contributed by atoms with E-state index in [0.29, 0.717) is 15.8 Å². The number of ether oxygens (including phenoxy) is 1. The van der Waals surface area contributed by atoms with Crippen molar-refractivity contribution >= 4 is 41.0 Å². The zero-order chi connectivity index (χ0) is 18.2. The Morgan fingerprint density at radius 1 is 0.840 bits per heavy atom. The van der Waals surface area contributed by atoms with Crippen LogP contribution in [0.25, 0.3) is 0 Å². The summed E-state index contributed by atoms with van der Waals surface area (Å²) in [6, 6.07) is 11.5. The van der Waals surface area contributed by atoms with Crippen LogP contribution in [0, 0.1) is 0 Å². The number of nitrogens with one attached hydrogen (secondary N) is 3. The molecule has 0 spiro atoms. The fourth-order valence-corrected chi connectivity index (χ4v) is 1.90. The van der Waals surface area contributed by atoms with Gasteiger partial charge in [-0.25, -0.2) is 10.2 Å². The minimum atomic E-state index is -0.889. The molecule has 9 heteroatoms. The quantitative estimate of drug-likeness (QED) is 0.708. The number of rotatable bonds is 4. The van der Waals surface area contributed by atoms with Gasteiger partial charge in [-0.05, 0) is 48.5 Å². The predicted octanol–water partition coefficient (Wildman–Crippen LogP) is 2.54. The summed E-state index contributed by atoms with van der Waals surface area (Å²) in [5.74, 6) is -0.799. The molecule has 2 rings (SSSR count). The minimum absolute atomic E-state index is 0.247. The van der Waals surface area contributed by atoms with Crippen LogP contribution in [0.3, 0.4) is 0 Å². The van der Waals surface area contributed by atoms with Crippen LogP contribution in [0.1, 0.15) is 10.4 Å². The number of urea groups is 1. The smallest absolute Gasteiger partial charge is 0.340 e. The monoisotopic (exact) mass is 381 g/mol. The number of hydrazine groups is 1.